The first-order valence-electron chi connectivity index (χ1n) is 12.8. The van der Waals surface area contributed by atoms with Crippen LogP contribution in [0.15, 0.2) is 78.9 Å². The molecule has 2 amide bonds. The molecule has 3 aromatic rings. The summed E-state index contributed by atoms with van der Waals surface area (Å²) in [6.07, 6.45) is 0.956. The van der Waals surface area contributed by atoms with Crippen LogP contribution in [0.5, 0.6) is 0 Å². The second-order valence-corrected chi connectivity index (χ2v) is 10.4. The predicted molar refractivity (Wildman–Crippen MR) is 144 cm³/mol. The van der Waals surface area contributed by atoms with Gasteiger partial charge in [-0.3, -0.25) is 4.90 Å². The van der Waals surface area contributed by atoms with Crippen molar-refractivity contribution in [3.8, 4) is 0 Å². The Bertz CT molecular complexity index is 1150. The van der Waals surface area contributed by atoms with Crippen LogP contribution < -0.4 is 5.32 Å². The van der Waals surface area contributed by atoms with Gasteiger partial charge in [-0.2, -0.15) is 0 Å². The largest absolute Gasteiger partial charge is 0.368 e. The summed E-state index contributed by atoms with van der Waals surface area (Å²) in [5, 5.41) is 3.96. The molecule has 6 heteroatoms. The number of carbonyl (C=O) groups is 1. The summed E-state index contributed by atoms with van der Waals surface area (Å²) >= 11 is 6.13. The van der Waals surface area contributed by atoms with E-state index in [-0.39, 0.29) is 18.2 Å². The summed E-state index contributed by atoms with van der Waals surface area (Å²) in [5.41, 5.74) is 4.83. The number of halogens is 1. The minimum atomic E-state index is -0.0683. The second kappa shape index (κ2) is 11.5. The van der Waals surface area contributed by atoms with Crippen LogP contribution in [0.3, 0.4) is 0 Å². The van der Waals surface area contributed by atoms with Gasteiger partial charge < -0.3 is 15.0 Å². The Hall–Kier alpha value is -2.86. The average molecular weight is 504 g/mol. The van der Waals surface area contributed by atoms with Crippen LogP contribution in [-0.2, 0) is 11.3 Å². The van der Waals surface area contributed by atoms with Gasteiger partial charge in [0.1, 0.15) is 0 Å². The van der Waals surface area contributed by atoms with E-state index < -0.39 is 0 Å². The molecule has 1 heterocycles. The Morgan fingerprint density at radius 3 is 2.47 bits per heavy atom. The number of amides is 2. The molecule has 5 nitrogen and oxygen atoms in total. The third kappa shape index (κ3) is 6.47. The highest BCUT2D eigenvalue weighted by Gasteiger charge is 2.40. The molecule has 0 radical (unpaired) electrons. The van der Waals surface area contributed by atoms with Crippen molar-refractivity contribution in [2.75, 3.05) is 32.7 Å². The highest BCUT2D eigenvalue weighted by Crippen LogP contribution is 2.40. The Morgan fingerprint density at radius 1 is 1.00 bits per heavy atom. The minimum Gasteiger partial charge on any atom is -0.368 e. The van der Waals surface area contributed by atoms with Crippen molar-refractivity contribution in [1.29, 1.82) is 0 Å². The molecule has 3 aromatic carbocycles. The number of ether oxygens (including phenoxy) is 1. The van der Waals surface area contributed by atoms with E-state index in [1.807, 2.05) is 35.2 Å². The number of nitrogens with zero attached hydrogens (tertiary/aromatic N) is 2. The number of nitrogens with one attached hydrogen (secondary N) is 1. The number of piperazine rings is 1. The molecule has 1 aliphatic carbocycles. The lowest BCUT2D eigenvalue weighted by Crippen LogP contribution is -2.52. The number of hydrogen-bond donors (Lipinski definition) is 1. The van der Waals surface area contributed by atoms with Crippen LogP contribution in [0.25, 0.3) is 0 Å². The van der Waals surface area contributed by atoms with E-state index in [1.165, 1.54) is 16.7 Å². The van der Waals surface area contributed by atoms with Crippen LogP contribution in [-0.4, -0.2) is 54.6 Å². The molecule has 2 aliphatic rings. The normalized spacial score (nSPS) is 20.7. The summed E-state index contributed by atoms with van der Waals surface area (Å²) in [5.74, 6) is 0.446. The van der Waals surface area contributed by atoms with Crippen molar-refractivity contribution in [1.82, 2.24) is 15.1 Å². The summed E-state index contributed by atoms with van der Waals surface area (Å²) in [6.45, 7) is 6.54. The lowest BCUT2D eigenvalue weighted by molar-refractivity contribution is 0.00554. The summed E-state index contributed by atoms with van der Waals surface area (Å²) in [6, 6.07) is 27.1. The average Bonchev–Trinajstić information content (AvgIpc) is 3.67. The maximum Gasteiger partial charge on any atom is 0.317 e. The molecule has 0 bridgehead atoms. The zero-order chi connectivity index (χ0) is 24.9. The molecule has 1 N–H and O–H groups in total. The topological polar surface area (TPSA) is 44.8 Å². The van der Waals surface area contributed by atoms with E-state index in [0.29, 0.717) is 12.5 Å². The summed E-state index contributed by atoms with van der Waals surface area (Å²) < 4.78 is 6.42. The van der Waals surface area contributed by atoms with Crippen molar-refractivity contribution in [2.24, 2.45) is 0 Å². The zero-order valence-corrected chi connectivity index (χ0v) is 21.5. The zero-order valence-electron chi connectivity index (χ0n) is 20.8. The van der Waals surface area contributed by atoms with Crippen molar-refractivity contribution >= 4 is 17.6 Å². The van der Waals surface area contributed by atoms with Gasteiger partial charge in [-0.25, -0.2) is 4.79 Å². The molecule has 188 valence electrons. The quantitative estimate of drug-likeness (QED) is 0.423. The number of urea groups is 1. The standard InChI is InChI=1S/C30H34ClN3O2/c1-22-6-5-7-23(18-22)21-36-29(25-10-12-26(31)13-11-25)20-33-14-16-34(17-15-33)30(35)32-28-19-27(28)24-8-3-2-4-9-24/h2-13,18,27-29H,14-17,19-21H2,1H3,(H,32,35)/t27-,28+,29+/m0/s1. The third-order valence-corrected chi connectivity index (χ3v) is 7.44. The molecule has 1 saturated carbocycles. The number of hydrogen-bond acceptors (Lipinski definition) is 3. The van der Waals surface area contributed by atoms with E-state index in [2.05, 4.69) is 65.7 Å². The Morgan fingerprint density at radius 2 is 1.75 bits per heavy atom. The van der Waals surface area contributed by atoms with Gasteiger partial charge in [-0.15, -0.1) is 0 Å². The van der Waals surface area contributed by atoms with Gasteiger partial charge in [0.15, 0.2) is 0 Å². The van der Waals surface area contributed by atoms with E-state index >= 15 is 0 Å². The molecule has 0 unspecified atom stereocenters. The van der Waals surface area contributed by atoms with Crippen LogP contribution in [0.1, 0.15) is 40.7 Å². The number of carbonyl (C=O) groups excluding carboxylic acids is 1. The molecule has 3 atom stereocenters. The molecule has 0 aromatic heterocycles. The van der Waals surface area contributed by atoms with Gasteiger partial charge >= 0.3 is 6.03 Å². The summed E-state index contributed by atoms with van der Waals surface area (Å²) in [4.78, 5) is 17.2. The molecule has 2 fully saturated rings. The van der Waals surface area contributed by atoms with Crippen LogP contribution in [0.2, 0.25) is 5.02 Å². The molecule has 1 saturated heterocycles. The number of aryl methyl sites for hydroxylation is 1. The number of rotatable bonds is 8. The highest BCUT2D eigenvalue weighted by molar-refractivity contribution is 6.30. The number of benzene rings is 3. The highest BCUT2D eigenvalue weighted by atomic mass is 35.5. The van der Waals surface area contributed by atoms with Crippen molar-refractivity contribution < 1.29 is 9.53 Å². The van der Waals surface area contributed by atoms with Crippen molar-refractivity contribution in [3.05, 3.63) is 106 Å². The van der Waals surface area contributed by atoms with Crippen molar-refractivity contribution in [2.45, 2.75) is 38.0 Å². The molecule has 5 rings (SSSR count). The molecule has 36 heavy (non-hydrogen) atoms. The third-order valence-electron chi connectivity index (χ3n) is 7.19. The SMILES string of the molecule is Cc1cccc(CO[C@H](CN2CCN(C(=O)N[C@@H]3C[C@H]3c3ccccc3)CC2)c2ccc(Cl)cc2)c1. The molecule has 1 aliphatic heterocycles. The van der Waals surface area contributed by atoms with Gasteiger partial charge in [0.2, 0.25) is 0 Å². The van der Waals surface area contributed by atoms with Crippen molar-refractivity contribution in [3.63, 3.8) is 0 Å². The van der Waals surface area contributed by atoms with Crippen LogP contribution in [0, 0.1) is 6.92 Å². The van der Waals surface area contributed by atoms with Gasteiger partial charge in [0.05, 0.1) is 12.7 Å². The molecular weight excluding hydrogens is 470 g/mol. The van der Waals surface area contributed by atoms with E-state index in [1.54, 1.807) is 0 Å². The lowest BCUT2D eigenvalue weighted by Gasteiger charge is -2.36. The Kier molecular flexibility index (Phi) is 7.90. The Balaban J connectivity index is 1.13. The predicted octanol–water partition coefficient (Wildman–Crippen LogP) is 5.79. The van der Waals surface area contributed by atoms with E-state index in [9.17, 15) is 4.79 Å². The lowest BCUT2D eigenvalue weighted by atomic mass is 10.1. The van der Waals surface area contributed by atoms with Gasteiger partial charge in [0, 0.05) is 49.7 Å². The second-order valence-electron chi connectivity index (χ2n) is 9.94. The van der Waals surface area contributed by atoms with E-state index in [4.69, 9.17) is 16.3 Å². The van der Waals surface area contributed by atoms with Crippen LogP contribution >= 0.6 is 11.6 Å². The van der Waals surface area contributed by atoms with E-state index in [0.717, 1.165) is 49.7 Å². The van der Waals surface area contributed by atoms with Gasteiger partial charge in [-0.05, 0) is 42.2 Å². The molecule has 0 spiro atoms. The van der Waals surface area contributed by atoms with Gasteiger partial charge in [0.25, 0.3) is 0 Å². The summed E-state index contributed by atoms with van der Waals surface area (Å²) in [7, 11) is 0. The maximum atomic E-state index is 12.9. The molecular formula is C30H34ClN3O2. The maximum absolute atomic E-state index is 12.9. The Labute approximate surface area is 219 Å². The fourth-order valence-corrected chi connectivity index (χ4v) is 5.10. The monoisotopic (exact) mass is 503 g/mol. The smallest absolute Gasteiger partial charge is 0.317 e. The fraction of sp³-hybridized carbons (Fsp3) is 0.367. The van der Waals surface area contributed by atoms with Gasteiger partial charge in [-0.1, -0.05) is 83.9 Å². The van der Waals surface area contributed by atoms with Crippen LogP contribution in [0.4, 0.5) is 4.79 Å². The first-order chi connectivity index (χ1) is 17.5. The minimum absolute atomic E-state index is 0.0584. The first kappa shape index (κ1) is 24.8. The fourth-order valence-electron chi connectivity index (χ4n) is 4.97. The first-order valence-corrected chi connectivity index (χ1v) is 13.2.